The van der Waals surface area contributed by atoms with Crippen LogP contribution in [0.15, 0.2) is 36.4 Å². The van der Waals surface area contributed by atoms with Crippen molar-refractivity contribution in [3.8, 4) is 0 Å². The van der Waals surface area contributed by atoms with Gasteiger partial charge in [-0.1, -0.05) is 24.3 Å². The smallest absolute Gasteiger partial charge is 0.244 e. The highest BCUT2D eigenvalue weighted by Gasteiger charge is 2.30. The van der Waals surface area contributed by atoms with Crippen molar-refractivity contribution in [3.05, 3.63) is 64.2 Å². The van der Waals surface area contributed by atoms with Gasteiger partial charge in [0, 0.05) is 0 Å². The molecule has 2 aromatic rings. The first kappa shape index (κ1) is 22.3. The van der Waals surface area contributed by atoms with Gasteiger partial charge in [0.2, 0.25) is 15.9 Å². The van der Waals surface area contributed by atoms with E-state index in [9.17, 15) is 13.2 Å². The maximum Gasteiger partial charge on any atom is 0.244 e. The Morgan fingerprint density at radius 2 is 1.63 bits per heavy atom. The van der Waals surface area contributed by atoms with E-state index in [0.717, 1.165) is 35.8 Å². The molecule has 162 valence electrons. The average molecular weight is 429 g/mol. The lowest BCUT2D eigenvalue weighted by atomic mass is 9.89. The number of rotatable bonds is 6. The summed E-state index contributed by atoms with van der Waals surface area (Å²) in [6.07, 6.45) is 5.77. The highest BCUT2D eigenvalue weighted by atomic mass is 32.2. The molecule has 0 heterocycles. The molecule has 0 fully saturated rings. The Labute approximate surface area is 180 Å². The molecule has 0 saturated heterocycles. The lowest BCUT2D eigenvalue weighted by Gasteiger charge is -2.30. The number of nitrogens with one attached hydrogen (secondary N) is 1. The van der Waals surface area contributed by atoms with E-state index in [4.69, 9.17) is 0 Å². The number of carbonyl (C=O) groups is 1. The van der Waals surface area contributed by atoms with Crippen molar-refractivity contribution in [1.29, 1.82) is 0 Å². The van der Waals surface area contributed by atoms with Crippen LogP contribution in [-0.4, -0.2) is 26.6 Å². The summed E-state index contributed by atoms with van der Waals surface area (Å²) >= 11 is 0. The lowest BCUT2D eigenvalue weighted by molar-refractivity contribution is -0.122. The Kier molecular flexibility index (Phi) is 6.56. The first-order valence-electron chi connectivity index (χ1n) is 10.6. The van der Waals surface area contributed by atoms with Gasteiger partial charge in [0.1, 0.15) is 6.04 Å². The Morgan fingerprint density at radius 3 is 2.27 bits per heavy atom. The van der Waals surface area contributed by atoms with Crippen molar-refractivity contribution in [2.45, 2.75) is 65.5 Å². The van der Waals surface area contributed by atoms with E-state index < -0.39 is 16.1 Å². The molecule has 2 atom stereocenters. The minimum atomic E-state index is -3.63. The normalized spacial score (nSPS) is 15.8. The molecule has 0 spiro atoms. The Hall–Kier alpha value is -2.34. The molecular formula is C24H32N2O3S. The van der Waals surface area contributed by atoms with Crippen LogP contribution in [0.25, 0.3) is 0 Å². The summed E-state index contributed by atoms with van der Waals surface area (Å²) < 4.78 is 26.3. The minimum absolute atomic E-state index is 0.201. The zero-order valence-corrected chi connectivity index (χ0v) is 19.3. The number of carbonyl (C=O) groups excluding carboxylic acids is 1. The summed E-state index contributed by atoms with van der Waals surface area (Å²) in [5.41, 5.74) is 6.37. The highest BCUT2D eigenvalue weighted by molar-refractivity contribution is 7.92. The molecule has 0 aromatic heterocycles. The predicted molar refractivity (Wildman–Crippen MR) is 122 cm³/mol. The van der Waals surface area contributed by atoms with Crippen LogP contribution in [0, 0.1) is 13.8 Å². The van der Waals surface area contributed by atoms with E-state index in [1.807, 2.05) is 32.9 Å². The first-order chi connectivity index (χ1) is 14.1. The fourth-order valence-electron chi connectivity index (χ4n) is 4.11. The Balaban J connectivity index is 1.80. The Morgan fingerprint density at radius 1 is 0.967 bits per heavy atom. The third-order valence-electron chi connectivity index (χ3n) is 6.06. The number of amides is 1. The van der Waals surface area contributed by atoms with Crippen molar-refractivity contribution in [2.75, 3.05) is 10.6 Å². The van der Waals surface area contributed by atoms with Crippen LogP contribution in [0.2, 0.25) is 0 Å². The summed E-state index contributed by atoms with van der Waals surface area (Å²) in [6, 6.07) is 10.8. The van der Waals surface area contributed by atoms with Gasteiger partial charge in [0.25, 0.3) is 0 Å². The van der Waals surface area contributed by atoms with Crippen molar-refractivity contribution in [2.24, 2.45) is 0 Å². The van der Waals surface area contributed by atoms with Gasteiger partial charge in [0.05, 0.1) is 18.0 Å². The monoisotopic (exact) mass is 428 g/mol. The SMILES string of the molecule is Cc1ccc(N([C@@H](C)C(=O)N[C@@H](C)c2ccc3c(c2)CCCC3)S(C)(=O)=O)cc1C. The molecule has 30 heavy (non-hydrogen) atoms. The molecule has 1 aliphatic carbocycles. The summed E-state index contributed by atoms with van der Waals surface area (Å²) in [6.45, 7) is 7.48. The van der Waals surface area contributed by atoms with Gasteiger partial charge in [-0.25, -0.2) is 8.42 Å². The molecule has 3 rings (SSSR count). The molecule has 1 N–H and O–H groups in total. The molecule has 0 radical (unpaired) electrons. The molecule has 0 bridgehead atoms. The van der Waals surface area contributed by atoms with Gasteiger partial charge in [-0.15, -0.1) is 0 Å². The van der Waals surface area contributed by atoms with Crippen molar-refractivity contribution < 1.29 is 13.2 Å². The van der Waals surface area contributed by atoms with Gasteiger partial charge in [0.15, 0.2) is 0 Å². The number of hydrogen-bond acceptors (Lipinski definition) is 3. The minimum Gasteiger partial charge on any atom is -0.348 e. The second-order valence-electron chi connectivity index (χ2n) is 8.47. The molecule has 1 amide bonds. The second-order valence-corrected chi connectivity index (χ2v) is 10.3. The third-order valence-corrected chi connectivity index (χ3v) is 7.31. The second kappa shape index (κ2) is 8.80. The van der Waals surface area contributed by atoms with Gasteiger partial charge in [-0.2, -0.15) is 0 Å². The molecular weight excluding hydrogens is 396 g/mol. The number of aryl methyl sites for hydroxylation is 4. The van der Waals surface area contributed by atoms with Crippen LogP contribution in [0.1, 0.15) is 60.5 Å². The standard InChI is InChI=1S/C24H32N2O3S/c1-16-10-13-23(14-17(16)2)26(30(5,28)29)19(4)24(27)25-18(3)21-12-11-20-8-6-7-9-22(20)15-21/h10-15,18-19H,6-9H2,1-5H3,(H,25,27)/t18-,19-/m0/s1. The number of sulfonamides is 1. The molecule has 1 aliphatic rings. The highest BCUT2D eigenvalue weighted by Crippen LogP contribution is 2.26. The quantitative estimate of drug-likeness (QED) is 0.749. The van der Waals surface area contributed by atoms with E-state index >= 15 is 0 Å². The average Bonchev–Trinajstić information content (AvgIpc) is 2.69. The number of benzene rings is 2. The Bertz CT molecular complexity index is 1050. The van der Waals surface area contributed by atoms with Gasteiger partial charge >= 0.3 is 0 Å². The zero-order valence-electron chi connectivity index (χ0n) is 18.5. The summed E-state index contributed by atoms with van der Waals surface area (Å²) in [5.74, 6) is -0.316. The number of fused-ring (bicyclic) bond motifs is 1. The van der Waals surface area contributed by atoms with E-state index in [2.05, 4.69) is 23.5 Å². The van der Waals surface area contributed by atoms with Crippen molar-refractivity contribution >= 4 is 21.6 Å². The van der Waals surface area contributed by atoms with E-state index in [1.54, 1.807) is 13.0 Å². The third kappa shape index (κ3) is 4.86. The van der Waals surface area contributed by atoms with Crippen molar-refractivity contribution in [3.63, 3.8) is 0 Å². The fourth-order valence-corrected chi connectivity index (χ4v) is 5.28. The van der Waals surface area contributed by atoms with Gasteiger partial charge < -0.3 is 5.32 Å². The molecule has 6 heteroatoms. The summed E-state index contributed by atoms with van der Waals surface area (Å²) in [5, 5.41) is 3.01. The molecule has 5 nitrogen and oxygen atoms in total. The predicted octanol–water partition coefficient (Wildman–Crippen LogP) is 4.21. The molecule has 0 saturated carbocycles. The first-order valence-corrected chi connectivity index (χ1v) is 12.4. The maximum absolute atomic E-state index is 13.0. The molecule has 0 unspecified atom stereocenters. The number of nitrogens with zero attached hydrogens (tertiary/aromatic N) is 1. The van der Waals surface area contributed by atoms with Crippen molar-refractivity contribution in [1.82, 2.24) is 5.32 Å². The van der Waals surface area contributed by atoms with Crippen LogP contribution in [0.5, 0.6) is 0 Å². The number of hydrogen-bond donors (Lipinski definition) is 1. The zero-order chi connectivity index (χ0) is 22.1. The van der Waals surface area contributed by atoms with Crippen LogP contribution in [-0.2, 0) is 27.7 Å². The topological polar surface area (TPSA) is 66.5 Å². The molecule has 2 aromatic carbocycles. The van der Waals surface area contributed by atoms with Crippen LogP contribution >= 0.6 is 0 Å². The van der Waals surface area contributed by atoms with Crippen LogP contribution < -0.4 is 9.62 Å². The number of anilines is 1. The summed E-state index contributed by atoms with van der Waals surface area (Å²) in [7, 11) is -3.63. The molecule has 0 aliphatic heterocycles. The van der Waals surface area contributed by atoms with Gasteiger partial charge in [-0.3, -0.25) is 9.10 Å². The van der Waals surface area contributed by atoms with Crippen LogP contribution in [0.3, 0.4) is 0 Å². The van der Waals surface area contributed by atoms with E-state index in [0.29, 0.717) is 5.69 Å². The summed E-state index contributed by atoms with van der Waals surface area (Å²) in [4.78, 5) is 13.0. The lowest BCUT2D eigenvalue weighted by Crippen LogP contribution is -2.48. The van der Waals surface area contributed by atoms with Crippen LogP contribution in [0.4, 0.5) is 5.69 Å². The van der Waals surface area contributed by atoms with E-state index in [1.165, 1.54) is 28.3 Å². The van der Waals surface area contributed by atoms with Gasteiger partial charge in [-0.05, 0) is 93.3 Å². The fraction of sp³-hybridized carbons (Fsp3) is 0.458. The van der Waals surface area contributed by atoms with E-state index in [-0.39, 0.29) is 11.9 Å². The largest absolute Gasteiger partial charge is 0.348 e. The maximum atomic E-state index is 13.0.